The first-order chi connectivity index (χ1) is 15.3. The first kappa shape index (κ1) is 30.1. The van der Waals surface area contributed by atoms with Crippen LogP contribution in [0.5, 0.6) is 0 Å². The zero-order chi connectivity index (χ0) is 25.5. The number of ether oxygens (including phenoxy) is 1. The molecule has 1 heterocycles. The summed E-state index contributed by atoms with van der Waals surface area (Å²) >= 11 is 0. The van der Waals surface area contributed by atoms with E-state index in [2.05, 4.69) is 13.8 Å². The van der Waals surface area contributed by atoms with Crippen LogP contribution in [0.3, 0.4) is 0 Å². The number of cyclic esters (lactones) is 1. The van der Waals surface area contributed by atoms with Crippen molar-refractivity contribution in [2.75, 3.05) is 6.54 Å². The quantitative estimate of drug-likeness (QED) is 0.403. The number of aliphatic hydroxyl groups is 3. The van der Waals surface area contributed by atoms with Gasteiger partial charge in [-0.2, -0.15) is 0 Å². The molecule has 1 rings (SSSR count). The van der Waals surface area contributed by atoms with Crippen LogP contribution < -0.4 is 0 Å². The third-order valence-corrected chi connectivity index (χ3v) is 8.40. The third kappa shape index (κ3) is 7.50. The summed E-state index contributed by atoms with van der Waals surface area (Å²) in [5, 5.41) is 33.7. The summed E-state index contributed by atoms with van der Waals surface area (Å²) in [5.41, 5.74) is -0.810. The molecule has 0 amide bonds. The lowest BCUT2D eigenvalue weighted by molar-refractivity contribution is -0.187. The molecule has 0 spiro atoms. The number of hydrogen-bond acceptors (Lipinski definition) is 6. The highest BCUT2D eigenvalue weighted by molar-refractivity contribution is 5.89. The van der Waals surface area contributed by atoms with Crippen molar-refractivity contribution < 1.29 is 24.9 Å². The van der Waals surface area contributed by atoms with Gasteiger partial charge in [-0.25, -0.2) is 0 Å². The molecule has 1 fully saturated rings. The highest BCUT2D eigenvalue weighted by atomic mass is 16.6. The Kier molecular flexibility index (Phi) is 12.0. The number of hydrogen-bond donors (Lipinski definition) is 3. The Labute approximate surface area is 202 Å². The number of rotatable bonds is 5. The summed E-state index contributed by atoms with van der Waals surface area (Å²) < 4.78 is 5.80. The topological polar surface area (TPSA) is 99.4 Å². The second-order valence-electron chi connectivity index (χ2n) is 10.9. The van der Waals surface area contributed by atoms with Crippen molar-refractivity contribution in [2.24, 2.45) is 40.5 Å². The number of carbonyl (C=O) groups is 1. The Hall–Kier alpha value is -0.980. The summed E-state index contributed by atoms with van der Waals surface area (Å²) in [6.07, 6.45) is 1.53. The molecule has 1 aliphatic heterocycles. The summed E-state index contributed by atoms with van der Waals surface area (Å²) in [5.74, 6) is -1.15. The molecule has 1 saturated heterocycles. The molecule has 0 aromatic rings. The molecule has 3 N–H and O–H groups in total. The van der Waals surface area contributed by atoms with Crippen LogP contribution in [0, 0.1) is 35.5 Å². The molecule has 33 heavy (non-hydrogen) atoms. The Morgan fingerprint density at radius 2 is 1.58 bits per heavy atom. The zero-order valence-corrected chi connectivity index (χ0v) is 22.5. The number of nitrogens with zero attached hydrogens (tertiary/aromatic N) is 1. The summed E-state index contributed by atoms with van der Waals surface area (Å²) in [4.78, 5) is 17.9. The smallest absolute Gasteiger partial charge is 0.309 e. The fourth-order valence-corrected chi connectivity index (χ4v) is 5.24. The minimum absolute atomic E-state index is 0.00567. The van der Waals surface area contributed by atoms with Crippen LogP contribution in [0.15, 0.2) is 4.99 Å². The van der Waals surface area contributed by atoms with E-state index in [9.17, 15) is 20.1 Å². The van der Waals surface area contributed by atoms with Gasteiger partial charge in [-0.1, -0.05) is 68.2 Å². The Morgan fingerprint density at radius 3 is 2.12 bits per heavy atom. The molecule has 194 valence electrons. The van der Waals surface area contributed by atoms with Gasteiger partial charge < -0.3 is 20.1 Å². The van der Waals surface area contributed by atoms with E-state index in [1.54, 1.807) is 6.92 Å². The lowest BCUT2D eigenvalue weighted by Crippen LogP contribution is -2.56. The van der Waals surface area contributed by atoms with E-state index < -0.39 is 29.8 Å². The van der Waals surface area contributed by atoms with E-state index in [4.69, 9.17) is 9.73 Å². The Bertz CT molecular complexity index is 634. The first-order valence-electron chi connectivity index (χ1n) is 13.1. The molecular weight excluding hydrogens is 418 g/mol. The van der Waals surface area contributed by atoms with Gasteiger partial charge in [0.15, 0.2) is 0 Å². The number of carbonyl (C=O) groups excluding carboxylic acids is 1. The highest BCUT2D eigenvalue weighted by Crippen LogP contribution is 2.35. The van der Waals surface area contributed by atoms with Gasteiger partial charge in [0.05, 0.1) is 18.1 Å². The van der Waals surface area contributed by atoms with Gasteiger partial charge in [-0.05, 0) is 49.9 Å². The maximum absolute atomic E-state index is 13.0. The molecule has 1 aliphatic rings. The largest absolute Gasteiger partial charge is 0.459 e. The van der Waals surface area contributed by atoms with Gasteiger partial charge in [-0.3, -0.25) is 9.79 Å². The third-order valence-electron chi connectivity index (χ3n) is 8.40. The van der Waals surface area contributed by atoms with Gasteiger partial charge in [0, 0.05) is 18.2 Å². The van der Waals surface area contributed by atoms with Crippen LogP contribution in [-0.2, 0) is 9.53 Å². The fraction of sp³-hybridized carbons (Fsp3) is 0.926. The standard InChI is InChI=1S/C27H51NO5/c1-10-12-13-14-28-24-16(3)15-22(29)19(6)17(4)18(5)20(7)26(31)33-23(11-2)27(9,32)25(30)21(24)8/h16-23,25,29-30,32H,10-15H2,1-9H3/t16-,17+,18+,19-,20-,21+,22-,23-,25-,27-/m1/s1. The van der Waals surface area contributed by atoms with Gasteiger partial charge in [0.2, 0.25) is 0 Å². The van der Waals surface area contributed by atoms with Crippen molar-refractivity contribution in [2.45, 2.75) is 118 Å². The molecule has 10 atom stereocenters. The lowest BCUT2D eigenvalue weighted by Gasteiger charge is -2.41. The fourth-order valence-electron chi connectivity index (χ4n) is 5.24. The van der Waals surface area contributed by atoms with E-state index >= 15 is 0 Å². The minimum atomic E-state index is -1.63. The molecular formula is C27H51NO5. The van der Waals surface area contributed by atoms with Crippen molar-refractivity contribution in [3.8, 4) is 0 Å². The zero-order valence-electron chi connectivity index (χ0n) is 22.5. The highest BCUT2D eigenvalue weighted by Gasteiger charge is 2.46. The summed E-state index contributed by atoms with van der Waals surface area (Å²) in [6, 6.07) is 0. The SMILES string of the molecule is CCCCCN=C1[C@H](C)C[C@@H](O)[C@H](C)[C@@H](C)[C@H](C)[C@@H](C)C(=O)O[C@H](CC)[C@@](C)(O)[C@H](O)[C@H]1C. The average molecular weight is 470 g/mol. The Morgan fingerprint density at radius 1 is 0.970 bits per heavy atom. The van der Waals surface area contributed by atoms with Crippen LogP contribution in [0.1, 0.15) is 94.4 Å². The molecule has 0 unspecified atom stereocenters. The van der Waals surface area contributed by atoms with Crippen molar-refractivity contribution in [3.63, 3.8) is 0 Å². The van der Waals surface area contributed by atoms with Crippen molar-refractivity contribution in [1.82, 2.24) is 0 Å². The lowest BCUT2D eigenvalue weighted by atomic mass is 9.73. The summed E-state index contributed by atoms with van der Waals surface area (Å²) in [7, 11) is 0. The maximum atomic E-state index is 13.0. The molecule has 0 radical (unpaired) electrons. The molecule has 0 aliphatic carbocycles. The van der Waals surface area contributed by atoms with Crippen LogP contribution >= 0.6 is 0 Å². The predicted octanol–water partition coefficient (Wildman–Crippen LogP) is 4.63. The molecule has 0 aromatic carbocycles. The van der Waals surface area contributed by atoms with E-state index in [1.807, 2.05) is 41.5 Å². The first-order valence-corrected chi connectivity index (χ1v) is 13.1. The number of aliphatic hydroxyl groups excluding tert-OH is 2. The van der Waals surface area contributed by atoms with E-state index in [-0.39, 0.29) is 35.6 Å². The average Bonchev–Trinajstić information content (AvgIpc) is 2.78. The van der Waals surface area contributed by atoms with Gasteiger partial charge in [0.25, 0.3) is 0 Å². The van der Waals surface area contributed by atoms with Gasteiger partial charge >= 0.3 is 5.97 Å². The number of unbranched alkanes of at least 4 members (excludes halogenated alkanes) is 2. The second kappa shape index (κ2) is 13.2. The molecule has 0 bridgehead atoms. The molecule has 0 saturated carbocycles. The van der Waals surface area contributed by atoms with Gasteiger partial charge in [0.1, 0.15) is 11.7 Å². The van der Waals surface area contributed by atoms with Gasteiger partial charge in [-0.15, -0.1) is 0 Å². The minimum Gasteiger partial charge on any atom is -0.459 e. The predicted molar refractivity (Wildman–Crippen MR) is 134 cm³/mol. The number of esters is 1. The van der Waals surface area contributed by atoms with E-state index in [0.717, 1.165) is 25.0 Å². The van der Waals surface area contributed by atoms with Crippen LogP contribution in [0.4, 0.5) is 0 Å². The monoisotopic (exact) mass is 469 g/mol. The number of aliphatic imine (C=N–C) groups is 1. The molecule has 6 heteroatoms. The Balaban J connectivity index is 3.44. The van der Waals surface area contributed by atoms with Crippen molar-refractivity contribution in [3.05, 3.63) is 0 Å². The van der Waals surface area contributed by atoms with E-state index in [1.165, 1.54) is 0 Å². The molecule has 0 aromatic heterocycles. The second-order valence-corrected chi connectivity index (χ2v) is 10.9. The van der Waals surface area contributed by atoms with Crippen molar-refractivity contribution >= 4 is 11.7 Å². The molecule has 6 nitrogen and oxygen atoms in total. The van der Waals surface area contributed by atoms with Crippen LogP contribution in [-0.4, -0.2) is 57.5 Å². The maximum Gasteiger partial charge on any atom is 0.309 e. The van der Waals surface area contributed by atoms with Crippen LogP contribution in [0.2, 0.25) is 0 Å². The van der Waals surface area contributed by atoms with Crippen LogP contribution in [0.25, 0.3) is 0 Å². The van der Waals surface area contributed by atoms with E-state index in [0.29, 0.717) is 19.4 Å². The summed E-state index contributed by atoms with van der Waals surface area (Å²) in [6.45, 7) is 18.1. The van der Waals surface area contributed by atoms with Crippen molar-refractivity contribution in [1.29, 1.82) is 0 Å². The normalized spacial score (nSPS) is 43.2.